The van der Waals surface area contributed by atoms with Gasteiger partial charge in [-0.05, 0) is 58.1 Å². The van der Waals surface area contributed by atoms with Crippen molar-refractivity contribution in [3.8, 4) is 55.6 Å². The summed E-state index contributed by atoms with van der Waals surface area (Å²) in [6, 6.07) is 75.9. The fourth-order valence-electron chi connectivity index (χ4n) is 9.66. The van der Waals surface area contributed by atoms with Gasteiger partial charge in [0.05, 0.1) is 9.52 Å². The van der Waals surface area contributed by atoms with Crippen LogP contribution in [0, 0.1) is 6.07 Å². The van der Waals surface area contributed by atoms with E-state index in [1.54, 1.807) is 0 Å². The summed E-state index contributed by atoms with van der Waals surface area (Å²) in [4.78, 5) is 0. The molecule has 11 rings (SSSR count). The minimum atomic E-state index is -0.826. The van der Waals surface area contributed by atoms with Crippen molar-refractivity contribution >= 4 is 58.5 Å². The molecular weight excluding hydrogens is 959 g/mol. The largest absolute Gasteiger partial charge is 0.184 e. The van der Waals surface area contributed by atoms with Crippen LogP contribution in [0.5, 0.6) is 0 Å². The van der Waals surface area contributed by atoms with E-state index in [0.29, 0.717) is 11.8 Å². The minimum absolute atomic E-state index is 0.509. The number of hydrogen-bond donors (Lipinski definition) is 0. The normalized spacial score (nSPS) is 11.3. The first-order chi connectivity index (χ1) is 33.2. The molecule has 2 radical (unpaired) electrons. The van der Waals surface area contributed by atoms with E-state index in [4.69, 9.17) is 17.0 Å². The number of halogens is 2. The Bertz CT molecular complexity index is 3010. The summed E-state index contributed by atoms with van der Waals surface area (Å²) in [6.45, 7) is 13.6. The van der Waals surface area contributed by atoms with Crippen molar-refractivity contribution in [2.24, 2.45) is 0 Å². The number of benzene rings is 8. The maximum Gasteiger partial charge on any atom is 0.0920 e. The van der Waals surface area contributed by atoms with E-state index in [1.807, 2.05) is 6.07 Å². The van der Waals surface area contributed by atoms with Gasteiger partial charge in [-0.2, -0.15) is 29.5 Å². The van der Waals surface area contributed by atoms with Crippen LogP contribution >= 0.6 is 17.0 Å². The summed E-state index contributed by atoms with van der Waals surface area (Å²) in [6.07, 6.45) is 2.09. The van der Waals surface area contributed by atoms with Crippen LogP contribution in [0.25, 0.3) is 77.2 Å². The number of aryl methyl sites for hydroxylation is 2. The van der Waals surface area contributed by atoms with E-state index >= 15 is 0 Å². The molecule has 68 heavy (non-hydrogen) atoms. The van der Waals surface area contributed by atoms with Crippen molar-refractivity contribution in [3.63, 3.8) is 0 Å². The van der Waals surface area contributed by atoms with Gasteiger partial charge in [0.15, 0.2) is 0 Å². The maximum atomic E-state index is 4.93. The van der Waals surface area contributed by atoms with Crippen LogP contribution in [-0.4, -0.2) is 9.52 Å². The first-order valence-corrected chi connectivity index (χ1v) is 31.1. The SMILES string of the molecule is CCc1ccc2[cH-]c(-c3ccccc3)cc2c1-c1ccccc1C(C)C.CCc1ccc2[cH-]c(-c3ccccc3)cc2c1-c1ccccc1C(C)C.[Cl][Zr][Cl].[c-]1cccc2c1[Si]c1ccccc1-2. The monoisotopic (exact) mass is 1010 g/mol. The standard InChI is InChI=1S/2C26H25.C12H7Si.2ClH.Zr/c2*1-4-19-14-15-21-16-22(20-10-6-5-7-11-20)17-25(21)26(19)24-13-9-8-12-23(24)18(2)3;1-3-7-11-9(5-1)10-6-2-4-8-12(10)13-11;;;/h2*5-18H,4H2,1-3H3;1-7H;2*1H;/q3*-1;;;+2/p-2. The summed E-state index contributed by atoms with van der Waals surface area (Å²) in [5.41, 5.74) is 19.2. The molecule has 0 nitrogen and oxygen atoms in total. The summed E-state index contributed by atoms with van der Waals surface area (Å²) in [5, 5.41) is 8.22. The van der Waals surface area contributed by atoms with Gasteiger partial charge >= 0.3 is 37.9 Å². The summed E-state index contributed by atoms with van der Waals surface area (Å²) < 4.78 is 0. The second kappa shape index (κ2) is 23.3. The molecule has 0 saturated carbocycles. The van der Waals surface area contributed by atoms with E-state index in [9.17, 15) is 0 Å². The fraction of sp³-hybridized carbons (Fsp3) is 0.156. The zero-order valence-electron chi connectivity index (χ0n) is 39.9. The number of hydrogen-bond acceptors (Lipinski definition) is 0. The van der Waals surface area contributed by atoms with Crippen LogP contribution in [0.2, 0.25) is 0 Å². The molecule has 0 saturated heterocycles. The Balaban J connectivity index is 0.000000140. The fourth-order valence-corrected chi connectivity index (χ4v) is 11.0. The zero-order chi connectivity index (χ0) is 47.6. The van der Waals surface area contributed by atoms with Crippen LogP contribution in [0.1, 0.15) is 75.6 Å². The van der Waals surface area contributed by atoms with Gasteiger partial charge in [-0.3, -0.25) is 0 Å². The Hall–Kier alpha value is -5.34. The van der Waals surface area contributed by atoms with Gasteiger partial charge in [0.25, 0.3) is 0 Å². The third kappa shape index (κ3) is 10.9. The molecule has 0 fully saturated rings. The van der Waals surface area contributed by atoms with Crippen molar-refractivity contribution in [1.29, 1.82) is 0 Å². The average Bonchev–Trinajstić information content (AvgIpc) is 4.13. The first-order valence-electron chi connectivity index (χ1n) is 23.8. The summed E-state index contributed by atoms with van der Waals surface area (Å²) in [5.74, 6) is 1.02. The Morgan fingerprint density at radius 2 is 0.897 bits per heavy atom. The van der Waals surface area contributed by atoms with E-state index < -0.39 is 20.8 Å². The number of rotatable bonds is 8. The molecule has 0 spiro atoms. The quantitative estimate of drug-likeness (QED) is 0.105. The molecule has 1 aliphatic heterocycles. The Kier molecular flexibility index (Phi) is 16.8. The van der Waals surface area contributed by atoms with E-state index in [-0.39, 0.29) is 0 Å². The van der Waals surface area contributed by atoms with Gasteiger partial charge in [0, 0.05) is 0 Å². The Labute approximate surface area is 426 Å². The third-order valence-electron chi connectivity index (χ3n) is 13.0. The van der Waals surface area contributed by atoms with Crippen molar-refractivity contribution < 1.29 is 20.8 Å². The maximum absolute atomic E-state index is 4.93. The summed E-state index contributed by atoms with van der Waals surface area (Å²) >= 11 is -0.826. The van der Waals surface area contributed by atoms with Crippen molar-refractivity contribution in [2.75, 3.05) is 0 Å². The molecular formula is C64H57Cl2SiZr-3. The topological polar surface area (TPSA) is 0 Å². The van der Waals surface area contributed by atoms with Crippen molar-refractivity contribution in [1.82, 2.24) is 0 Å². The third-order valence-corrected chi connectivity index (χ3v) is 14.3. The Morgan fingerprint density at radius 1 is 0.485 bits per heavy atom. The molecule has 338 valence electrons. The second-order valence-electron chi connectivity index (χ2n) is 17.8. The van der Waals surface area contributed by atoms with Gasteiger partial charge < -0.3 is 0 Å². The molecule has 0 atom stereocenters. The first kappa shape index (κ1) is 49.1. The molecule has 0 aromatic heterocycles. The van der Waals surface area contributed by atoms with E-state index in [2.05, 4.69) is 242 Å². The van der Waals surface area contributed by atoms with Gasteiger partial charge in [-0.15, -0.1) is 74.6 Å². The van der Waals surface area contributed by atoms with Gasteiger partial charge in [-0.25, -0.2) is 0 Å². The van der Waals surface area contributed by atoms with Crippen molar-refractivity contribution in [2.45, 2.75) is 66.2 Å². The van der Waals surface area contributed by atoms with E-state index in [1.165, 1.54) is 110 Å². The molecule has 0 aliphatic carbocycles. The molecule has 10 aromatic rings. The second-order valence-corrected chi connectivity index (χ2v) is 22.8. The van der Waals surface area contributed by atoms with Crippen LogP contribution in [0.4, 0.5) is 0 Å². The predicted octanol–water partition coefficient (Wildman–Crippen LogP) is 17.7. The zero-order valence-corrected chi connectivity index (χ0v) is 44.8. The molecule has 0 N–H and O–H groups in total. The minimum Gasteiger partial charge on any atom is -0.184 e. The molecule has 1 aliphatic rings. The molecule has 0 unspecified atom stereocenters. The molecule has 0 amide bonds. The van der Waals surface area contributed by atoms with Gasteiger partial charge in [0.1, 0.15) is 0 Å². The smallest absolute Gasteiger partial charge is 0.0920 e. The average molecular weight is 1020 g/mol. The van der Waals surface area contributed by atoms with Crippen LogP contribution in [-0.2, 0) is 33.7 Å². The van der Waals surface area contributed by atoms with Gasteiger partial charge in [0.2, 0.25) is 0 Å². The van der Waals surface area contributed by atoms with Crippen LogP contribution in [0.15, 0.2) is 200 Å². The summed E-state index contributed by atoms with van der Waals surface area (Å²) in [7, 11) is 10.7. The number of fused-ring (bicyclic) bond motifs is 5. The van der Waals surface area contributed by atoms with E-state index in [0.717, 1.165) is 22.4 Å². The van der Waals surface area contributed by atoms with Crippen LogP contribution < -0.4 is 10.4 Å². The molecule has 4 heteroatoms. The molecule has 1 heterocycles. The predicted molar refractivity (Wildman–Crippen MR) is 295 cm³/mol. The molecule has 0 bridgehead atoms. The van der Waals surface area contributed by atoms with Crippen molar-refractivity contribution in [3.05, 3.63) is 229 Å². The molecule has 10 aromatic carbocycles. The van der Waals surface area contributed by atoms with Crippen LogP contribution in [0.3, 0.4) is 0 Å². The Morgan fingerprint density at radius 3 is 1.35 bits per heavy atom. The van der Waals surface area contributed by atoms with Gasteiger partial charge in [-0.1, -0.05) is 220 Å².